The van der Waals surface area contributed by atoms with E-state index >= 15 is 0 Å². The van der Waals surface area contributed by atoms with Crippen LogP contribution in [0.2, 0.25) is 0 Å². The van der Waals surface area contributed by atoms with Gasteiger partial charge < -0.3 is 10.6 Å². The van der Waals surface area contributed by atoms with Crippen molar-refractivity contribution in [3.05, 3.63) is 29.8 Å². The zero-order chi connectivity index (χ0) is 18.2. The summed E-state index contributed by atoms with van der Waals surface area (Å²) >= 11 is 0. The van der Waals surface area contributed by atoms with Gasteiger partial charge in [-0.25, -0.2) is 18.1 Å². The summed E-state index contributed by atoms with van der Waals surface area (Å²) in [5.41, 5.74) is 0.624. The Hall–Kier alpha value is -1.81. The predicted octanol–water partition coefficient (Wildman–Crippen LogP) is 1.60. The molecule has 0 saturated carbocycles. The quantitative estimate of drug-likeness (QED) is 0.506. The van der Waals surface area contributed by atoms with Crippen LogP contribution in [0.15, 0.2) is 34.2 Å². The molecule has 0 aromatic heterocycles. The summed E-state index contributed by atoms with van der Waals surface area (Å²) in [5.74, 6) is 0.239. The molecule has 0 aliphatic heterocycles. The number of hydrogen-bond acceptors (Lipinski definition) is 3. The van der Waals surface area contributed by atoms with E-state index in [9.17, 15) is 21.6 Å². The largest absolute Gasteiger partial charge is 0.390 e. The first-order chi connectivity index (χ1) is 11.2. The number of nitrogens with one attached hydrogen (secondary N) is 3. The SMILES string of the molecule is CCNC(=NCc1cccc(S(=O)(=O)NC)c1)NCCC(F)(F)F. The van der Waals surface area contributed by atoms with Crippen molar-refractivity contribution in [3.63, 3.8) is 0 Å². The Bertz CT molecular complexity index is 660. The van der Waals surface area contributed by atoms with E-state index in [0.717, 1.165) is 0 Å². The number of benzene rings is 1. The highest BCUT2D eigenvalue weighted by molar-refractivity contribution is 7.89. The molecule has 1 aromatic carbocycles. The van der Waals surface area contributed by atoms with E-state index < -0.39 is 22.6 Å². The van der Waals surface area contributed by atoms with Gasteiger partial charge in [0.05, 0.1) is 17.9 Å². The molecule has 0 heterocycles. The molecule has 0 aliphatic carbocycles. The van der Waals surface area contributed by atoms with Crippen molar-refractivity contribution in [2.45, 2.75) is 31.0 Å². The first-order valence-corrected chi connectivity index (χ1v) is 8.77. The molecule has 0 atom stereocenters. The molecule has 0 saturated heterocycles. The summed E-state index contributed by atoms with van der Waals surface area (Å²) in [6.07, 6.45) is -5.20. The lowest BCUT2D eigenvalue weighted by molar-refractivity contribution is -0.132. The van der Waals surface area contributed by atoms with E-state index in [-0.39, 0.29) is 23.9 Å². The molecule has 1 rings (SSSR count). The second kappa shape index (κ2) is 8.88. The number of hydrogen-bond donors (Lipinski definition) is 3. The van der Waals surface area contributed by atoms with Gasteiger partial charge in [0.1, 0.15) is 0 Å². The summed E-state index contributed by atoms with van der Waals surface area (Å²) in [4.78, 5) is 4.27. The van der Waals surface area contributed by atoms with Crippen LogP contribution in [0.25, 0.3) is 0 Å². The maximum Gasteiger partial charge on any atom is 0.390 e. The highest BCUT2D eigenvalue weighted by Crippen LogP contribution is 2.18. The number of sulfonamides is 1. The molecular formula is C14H21F3N4O2S. The van der Waals surface area contributed by atoms with Crippen molar-refractivity contribution in [3.8, 4) is 0 Å². The third-order valence-electron chi connectivity index (χ3n) is 2.94. The molecule has 0 amide bonds. The molecule has 0 spiro atoms. The number of rotatable bonds is 7. The summed E-state index contributed by atoms with van der Waals surface area (Å²) in [5, 5.41) is 5.43. The van der Waals surface area contributed by atoms with Gasteiger partial charge in [-0.15, -0.1) is 0 Å². The molecule has 10 heteroatoms. The minimum Gasteiger partial charge on any atom is -0.357 e. The first kappa shape index (κ1) is 20.2. The fraction of sp³-hybridized carbons (Fsp3) is 0.500. The molecule has 24 heavy (non-hydrogen) atoms. The Balaban J connectivity index is 2.77. The zero-order valence-corrected chi connectivity index (χ0v) is 14.3. The lowest BCUT2D eigenvalue weighted by Crippen LogP contribution is -2.38. The Kier molecular flexibility index (Phi) is 7.49. The van der Waals surface area contributed by atoms with E-state index in [1.54, 1.807) is 19.1 Å². The minimum atomic E-state index is -4.24. The minimum absolute atomic E-state index is 0.104. The van der Waals surface area contributed by atoms with Crippen LogP contribution < -0.4 is 15.4 Å². The van der Waals surface area contributed by atoms with Crippen molar-refractivity contribution in [1.82, 2.24) is 15.4 Å². The molecule has 3 N–H and O–H groups in total. The second-order valence-corrected chi connectivity index (χ2v) is 6.73. The van der Waals surface area contributed by atoms with Crippen LogP contribution >= 0.6 is 0 Å². The van der Waals surface area contributed by atoms with Crippen LogP contribution in [0.3, 0.4) is 0 Å². The van der Waals surface area contributed by atoms with Crippen molar-refractivity contribution in [1.29, 1.82) is 0 Å². The fourth-order valence-electron chi connectivity index (χ4n) is 1.76. The lowest BCUT2D eigenvalue weighted by Gasteiger charge is -2.12. The number of halogens is 3. The summed E-state index contributed by atoms with van der Waals surface area (Å²) < 4.78 is 62.2. The van der Waals surface area contributed by atoms with Crippen molar-refractivity contribution in [2.75, 3.05) is 20.1 Å². The highest BCUT2D eigenvalue weighted by atomic mass is 32.2. The highest BCUT2D eigenvalue weighted by Gasteiger charge is 2.26. The van der Waals surface area contributed by atoms with Crippen molar-refractivity contribution < 1.29 is 21.6 Å². The average Bonchev–Trinajstić information content (AvgIpc) is 2.51. The zero-order valence-electron chi connectivity index (χ0n) is 13.4. The van der Waals surface area contributed by atoms with E-state index in [0.29, 0.717) is 12.1 Å². The van der Waals surface area contributed by atoms with E-state index in [1.165, 1.54) is 19.2 Å². The van der Waals surface area contributed by atoms with Gasteiger partial charge in [-0.1, -0.05) is 12.1 Å². The number of alkyl halides is 3. The van der Waals surface area contributed by atoms with Gasteiger partial charge in [-0.3, -0.25) is 0 Å². The Morgan fingerprint density at radius 1 is 1.25 bits per heavy atom. The predicted molar refractivity (Wildman–Crippen MR) is 86.2 cm³/mol. The van der Waals surface area contributed by atoms with Gasteiger partial charge in [-0.2, -0.15) is 13.2 Å². The lowest BCUT2D eigenvalue weighted by atomic mass is 10.2. The second-order valence-electron chi connectivity index (χ2n) is 4.84. The molecule has 0 radical (unpaired) electrons. The third-order valence-corrected chi connectivity index (χ3v) is 4.35. The van der Waals surface area contributed by atoms with E-state index in [2.05, 4.69) is 20.3 Å². The average molecular weight is 366 g/mol. The van der Waals surface area contributed by atoms with E-state index in [1.807, 2.05) is 0 Å². The maximum atomic E-state index is 12.2. The topological polar surface area (TPSA) is 82.6 Å². The first-order valence-electron chi connectivity index (χ1n) is 7.29. The smallest absolute Gasteiger partial charge is 0.357 e. The van der Waals surface area contributed by atoms with Gasteiger partial charge in [0.2, 0.25) is 10.0 Å². The standard InChI is InChI=1S/C14H21F3N4O2S/c1-3-19-13(20-8-7-14(15,16)17)21-10-11-5-4-6-12(9-11)24(22,23)18-2/h4-6,9,18H,3,7-8,10H2,1-2H3,(H2,19,20,21). The number of guanidine groups is 1. The van der Waals surface area contributed by atoms with Crippen LogP contribution in [0.4, 0.5) is 13.2 Å². The summed E-state index contributed by atoms with van der Waals surface area (Å²) in [7, 11) is -2.24. The van der Waals surface area contributed by atoms with E-state index in [4.69, 9.17) is 0 Å². The number of aliphatic imine (C=N–C) groups is 1. The number of nitrogens with zero attached hydrogens (tertiary/aromatic N) is 1. The molecule has 0 aliphatic rings. The summed E-state index contributed by atoms with van der Waals surface area (Å²) in [6, 6.07) is 6.19. The maximum absolute atomic E-state index is 12.2. The van der Waals surface area contributed by atoms with Gasteiger partial charge in [0, 0.05) is 13.1 Å². The Labute approximate surface area is 139 Å². The van der Waals surface area contributed by atoms with Crippen LogP contribution in [0.1, 0.15) is 18.9 Å². The summed E-state index contributed by atoms with van der Waals surface area (Å²) in [6.45, 7) is 2.13. The molecule has 1 aromatic rings. The molecule has 136 valence electrons. The monoisotopic (exact) mass is 366 g/mol. The molecule has 0 fully saturated rings. The third kappa shape index (κ3) is 7.18. The molecule has 0 bridgehead atoms. The fourth-order valence-corrected chi connectivity index (χ4v) is 2.56. The molecular weight excluding hydrogens is 345 g/mol. The normalized spacial score (nSPS) is 13.0. The molecule has 6 nitrogen and oxygen atoms in total. The van der Waals surface area contributed by atoms with Crippen LogP contribution in [-0.4, -0.2) is 40.7 Å². The van der Waals surface area contributed by atoms with Gasteiger partial charge >= 0.3 is 6.18 Å². The van der Waals surface area contributed by atoms with Crippen molar-refractivity contribution >= 4 is 16.0 Å². The van der Waals surface area contributed by atoms with Crippen LogP contribution in [0, 0.1) is 0 Å². The van der Waals surface area contributed by atoms with Gasteiger partial charge in [0.15, 0.2) is 5.96 Å². The van der Waals surface area contributed by atoms with Gasteiger partial charge in [0.25, 0.3) is 0 Å². The van der Waals surface area contributed by atoms with Crippen molar-refractivity contribution in [2.24, 2.45) is 4.99 Å². The Morgan fingerprint density at radius 3 is 2.54 bits per heavy atom. The van der Waals surface area contributed by atoms with Crippen LogP contribution in [0.5, 0.6) is 0 Å². The Morgan fingerprint density at radius 2 is 1.96 bits per heavy atom. The van der Waals surface area contributed by atoms with Gasteiger partial charge in [-0.05, 0) is 31.7 Å². The van der Waals surface area contributed by atoms with Crippen LogP contribution in [-0.2, 0) is 16.6 Å². The molecule has 0 unspecified atom stereocenters.